The number of pyridine rings is 1. The zero-order valence-electron chi connectivity index (χ0n) is 11.9. The SMILES string of the molecule is [2H]C([2H])(c1ccc(-c2[c-]cccc2)nc1)C(C)C.[Ir]. The van der Waals surface area contributed by atoms with Gasteiger partial charge in [-0.3, -0.25) is 0 Å². The fraction of sp³-hybridized carbons (Fsp3) is 0.267. The maximum Gasteiger partial charge on any atom is 0.0319 e. The molecule has 0 bridgehead atoms. The molecule has 1 nitrogen and oxygen atoms in total. The molecule has 2 rings (SSSR count). The summed E-state index contributed by atoms with van der Waals surface area (Å²) in [6, 6.07) is 14.4. The summed E-state index contributed by atoms with van der Waals surface area (Å²) >= 11 is 0. The molecule has 2 heteroatoms. The number of benzene rings is 1. The Hall–Kier alpha value is -0.981. The van der Waals surface area contributed by atoms with Gasteiger partial charge in [-0.05, 0) is 23.5 Å². The van der Waals surface area contributed by atoms with E-state index in [4.69, 9.17) is 2.74 Å². The fourth-order valence-electron chi connectivity index (χ4n) is 1.52. The fourth-order valence-corrected chi connectivity index (χ4v) is 1.52. The van der Waals surface area contributed by atoms with Crippen LogP contribution in [0, 0.1) is 12.0 Å². The van der Waals surface area contributed by atoms with E-state index in [1.807, 2.05) is 50.2 Å². The summed E-state index contributed by atoms with van der Waals surface area (Å²) in [6.45, 7) is 3.75. The Morgan fingerprint density at radius 3 is 2.65 bits per heavy atom. The number of hydrogen-bond acceptors (Lipinski definition) is 1. The Bertz CT molecular complexity index is 509. The van der Waals surface area contributed by atoms with Gasteiger partial charge in [0.15, 0.2) is 0 Å². The van der Waals surface area contributed by atoms with Gasteiger partial charge in [-0.15, -0.1) is 35.9 Å². The molecule has 0 aliphatic carbocycles. The van der Waals surface area contributed by atoms with Crippen LogP contribution in [0.3, 0.4) is 0 Å². The second-order valence-corrected chi connectivity index (χ2v) is 4.01. The van der Waals surface area contributed by atoms with Crippen molar-refractivity contribution in [1.82, 2.24) is 4.98 Å². The van der Waals surface area contributed by atoms with Gasteiger partial charge in [0.2, 0.25) is 0 Å². The first-order valence-corrected chi connectivity index (χ1v) is 5.45. The van der Waals surface area contributed by atoms with Gasteiger partial charge in [0, 0.05) is 29.0 Å². The van der Waals surface area contributed by atoms with Crippen molar-refractivity contribution in [3.8, 4) is 11.3 Å². The van der Waals surface area contributed by atoms with Crippen LogP contribution in [0.4, 0.5) is 0 Å². The van der Waals surface area contributed by atoms with Crippen LogP contribution in [0.15, 0.2) is 42.6 Å². The van der Waals surface area contributed by atoms with E-state index in [-0.39, 0.29) is 26.0 Å². The van der Waals surface area contributed by atoms with Gasteiger partial charge in [-0.1, -0.05) is 26.0 Å². The van der Waals surface area contributed by atoms with Gasteiger partial charge in [0.1, 0.15) is 0 Å². The van der Waals surface area contributed by atoms with Gasteiger partial charge >= 0.3 is 0 Å². The molecule has 0 fully saturated rings. The summed E-state index contributed by atoms with van der Waals surface area (Å²) in [5.41, 5.74) is 2.37. The van der Waals surface area contributed by atoms with E-state index in [2.05, 4.69) is 11.1 Å². The maximum absolute atomic E-state index is 8.02. The standard InChI is InChI=1S/C15H16N.Ir/c1-12(2)10-13-8-9-15(16-11-13)14-6-4-3-5-7-14;/h3-6,8-9,11-12H,10H2,1-2H3;/q-1;/i10D2;. The van der Waals surface area contributed by atoms with E-state index < -0.39 is 6.37 Å². The Morgan fingerprint density at radius 1 is 1.29 bits per heavy atom. The monoisotopic (exact) mass is 405 g/mol. The Kier molecular flexibility index (Phi) is 4.37. The van der Waals surface area contributed by atoms with Crippen LogP contribution >= 0.6 is 0 Å². The van der Waals surface area contributed by atoms with Crippen molar-refractivity contribution in [2.24, 2.45) is 5.92 Å². The third-order valence-corrected chi connectivity index (χ3v) is 2.20. The topological polar surface area (TPSA) is 12.9 Å². The normalized spacial score (nSPS) is 12.6. The van der Waals surface area contributed by atoms with Crippen LogP contribution < -0.4 is 0 Å². The van der Waals surface area contributed by atoms with Crippen molar-refractivity contribution in [1.29, 1.82) is 0 Å². The Morgan fingerprint density at radius 2 is 2.12 bits per heavy atom. The zero-order chi connectivity index (χ0) is 13.2. The molecule has 1 aromatic heterocycles. The molecule has 0 saturated heterocycles. The van der Waals surface area contributed by atoms with E-state index in [1.165, 1.54) is 0 Å². The first-order valence-electron chi connectivity index (χ1n) is 6.45. The predicted molar refractivity (Wildman–Crippen MR) is 67.1 cm³/mol. The minimum atomic E-state index is -1.34. The summed E-state index contributed by atoms with van der Waals surface area (Å²) in [5, 5.41) is 0. The van der Waals surface area contributed by atoms with Crippen LogP contribution in [-0.4, -0.2) is 4.98 Å². The van der Waals surface area contributed by atoms with Crippen molar-refractivity contribution in [3.05, 3.63) is 54.2 Å². The summed E-state index contributed by atoms with van der Waals surface area (Å²) in [6.07, 6.45) is 0.280. The molecule has 0 atom stereocenters. The van der Waals surface area contributed by atoms with Crippen LogP contribution in [-0.2, 0) is 26.5 Å². The van der Waals surface area contributed by atoms with Crippen molar-refractivity contribution in [3.63, 3.8) is 0 Å². The quantitative estimate of drug-likeness (QED) is 0.710. The molecule has 0 unspecified atom stereocenters. The van der Waals surface area contributed by atoms with Gasteiger partial charge in [-0.2, -0.15) is 0 Å². The smallest absolute Gasteiger partial charge is 0.0319 e. The molecular formula is C15H16IrN-. The molecule has 0 aliphatic heterocycles. The van der Waals surface area contributed by atoms with Crippen LogP contribution in [0.2, 0.25) is 0 Å². The number of hydrogen-bond donors (Lipinski definition) is 0. The van der Waals surface area contributed by atoms with Gasteiger partial charge in [-0.25, -0.2) is 0 Å². The van der Waals surface area contributed by atoms with E-state index in [9.17, 15) is 0 Å². The van der Waals surface area contributed by atoms with Gasteiger partial charge < -0.3 is 4.98 Å². The first-order chi connectivity index (χ1) is 8.51. The van der Waals surface area contributed by atoms with Crippen molar-refractivity contribution >= 4 is 0 Å². The minimum absolute atomic E-state index is 0. The first kappa shape index (κ1) is 11.1. The summed E-state index contributed by atoms with van der Waals surface area (Å²) < 4.78 is 16.0. The molecule has 91 valence electrons. The summed E-state index contributed by atoms with van der Waals surface area (Å²) in [5.74, 6) is -0.0755. The maximum atomic E-state index is 8.02. The zero-order valence-corrected chi connectivity index (χ0v) is 12.3. The molecule has 1 aromatic carbocycles. The molecule has 1 radical (unpaired) electrons. The minimum Gasteiger partial charge on any atom is -0.304 e. The van der Waals surface area contributed by atoms with Crippen molar-refractivity contribution in [2.75, 3.05) is 0 Å². The molecule has 0 N–H and O–H groups in total. The van der Waals surface area contributed by atoms with Crippen molar-refractivity contribution in [2.45, 2.75) is 20.2 Å². The van der Waals surface area contributed by atoms with Crippen molar-refractivity contribution < 1.29 is 22.8 Å². The number of rotatable bonds is 3. The van der Waals surface area contributed by atoms with Gasteiger partial charge in [0.25, 0.3) is 0 Å². The van der Waals surface area contributed by atoms with Gasteiger partial charge in [0.05, 0.1) is 0 Å². The average molecular weight is 405 g/mol. The number of aromatic nitrogens is 1. The average Bonchev–Trinajstić information content (AvgIpc) is 2.40. The van der Waals surface area contributed by atoms with Crippen LogP contribution in [0.1, 0.15) is 22.2 Å². The summed E-state index contributed by atoms with van der Waals surface area (Å²) in [7, 11) is 0. The van der Waals surface area contributed by atoms with E-state index in [0.29, 0.717) is 5.56 Å². The molecule has 17 heavy (non-hydrogen) atoms. The third kappa shape index (κ3) is 4.07. The molecule has 1 heterocycles. The molecular weight excluding hydrogens is 386 g/mol. The van der Waals surface area contributed by atoms with Crippen LogP contribution in [0.25, 0.3) is 11.3 Å². The second kappa shape index (κ2) is 6.68. The van der Waals surface area contributed by atoms with E-state index >= 15 is 0 Å². The Labute approximate surface area is 119 Å². The number of nitrogens with zero attached hydrogens (tertiary/aromatic N) is 1. The second-order valence-electron chi connectivity index (χ2n) is 4.01. The predicted octanol–water partition coefficient (Wildman–Crippen LogP) is 3.74. The molecule has 0 spiro atoms. The van der Waals surface area contributed by atoms with E-state index in [0.717, 1.165) is 11.3 Å². The molecule has 2 aromatic rings. The third-order valence-electron chi connectivity index (χ3n) is 2.20. The molecule has 0 saturated carbocycles. The summed E-state index contributed by atoms with van der Waals surface area (Å²) in [4.78, 5) is 4.33. The molecule has 0 amide bonds. The molecule has 0 aliphatic rings. The van der Waals surface area contributed by atoms with E-state index in [1.54, 1.807) is 6.20 Å². The Balaban J connectivity index is 0.00000180. The largest absolute Gasteiger partial charge is 0.304 e. The van der Waals surface area contributed by atoms with Crippen LogP contribution in [0.5, 0.6) is 0 Å².